The largest absolute Gasteiger partial charge is 0.497 e. The van der Waals surface area contributed by atoms with Gasteiger partial charge in [0.25, 0.3) is 0 Å². The van der Waals surface area contributed by atoms with Gasteiger partial charge in [-0.2, -0.15) is 0 Å². The standard InChI is InChI=1S/C15H23FN2O2/c1-20-12-4-5-14(16)13(11-12)15(3-2-10-19)18-8-6-17-7-9-18/h4-5,11,15,17,19H,2-3,6-10H2,1H3/t15-/m1/s1. The second-order valence-corrected chi connectivity index (χ2v) is 5.06. The maximum Gasteiger partial charge on any atom is 0.128 e. The number of nitrogens with zero attached hydrogens (tertiary/aromatic N) is 1. The van der Waals surface area contributed by atoms with Crippen LogP contribution in [0.25, 0.3) is 0 Å². The topological polar surface area (TPSA) is 44.7 Å². The van der Waals surface area contributed by atoms with E-state index < -0.39 is 0 Å². The van der Waals surface area contributed by atoms with Crippen molar-refractivity contribution in [3.8, 4) is 5.75 Å². The van der Waals surface area contributed by atoms with E-state index in [1.54, 1.807) is 19.2 Å². The smallest absolute Gasteiger partial charge is 0.128 e. The number of nitrogens with one attached hydrogen (secondary N) is 1. The van der Waals surface area contributed by atoms with Gasteiger partial charge in [0, 0.05) is 44.4 Å². The maximum absolute atomic E-state index is 14.2. The van der Waals surface area contributed by atoms with Crippen molar-refractivity contribution in [3.63, 3.8) is 0 Å². The molecule has 4 nitrogen and oxygen atoms in total. The van der Waals surface area contributed by atoms with Gasteiger partial charge in [-0.25, -0.2) is 4.39 Å². The van der Waals surface area contributed by atoms with E-state index in [9.17, 15) is 4.39 Å². The summed E-state index contributed by atoms with van der Waals surface area (Å²) in [6, 6.07) is 4.88. The summed E-state index contributed by atoms with van der Waals surface area (Å²) in [5, 5.41) is 12.4. The van der Waals surface area contributed by atoms with E-state index >= 15 is 0 Å². The monoisotopic (exact) mass is 282 g/mol. The molecular weight excluding hydrogens is 259 g/mol. The van der Waals surface area contributed by atoms with Crippen molar-refractivity contribution < 1.29 is 14.2 Å². The Bertz CT molecular complexity index is 422. The molecule has 0 amide bonds. The molecule has 0 saturated carbocycles. The summed E-state index contributed by atoms with van der Waals surface area (Å²) in [4.78, 5) is 2.28. The first-order chi connectivity index (χ1) is 9.76. The highest BCUT2D eigenvalue weighted by Gasteiger charge is 2.24. The van der Waals surface area contributed by atoms with Gasteiger partial charge in [-0.15, -0.1) is 0 Å². The van der Waals surface area contributed by atoms with E-state index in [1.165, 1.54) is 6.07 Å². The van der Waals surface area contributed by atoms with Crippen LogP contribution in [0.1, 0.15) is 24.4 Å². The molecule has 0 spiro atoms. The number of piperazine rings is 1. The van der Waals surface area contributed by atoms with Crippen molar-refractivity contribution in [1.29, 1.82) is 0 Å². The number of rotatable bonds is 6. The van der Waals surface area contributed by atoms with Crippen LogP contribution in [-0.2, 0) is 0 Å². The molecular formula is C15H23FN2O2. The van der Waals surface area contributed by atoms with Crippen LogP contribution < -0.4 is 10.1 Å². The number of ether oxygens (including phenoxy) is 1. The van der Waals surface area contributed by atoms with Crippen LogP contribution >= 0.6 is 0 Å². The van der Waals surface area contributed by atoms with E-state index in [0.29, 0.717) is 17.7 Å². The third-order valence-corrected chi connectivity index (χ3v) is 3.79. The average molecular weight is 282 g/mol. The van der Waals surface area contributed by atoms with Crippen LogP contribution in [0.3, 0.4) is 0 Å². The van der Waals surface area contributed by atoms with Crippen molar-refractivity contribution in [2.24, 2.45) is 0 Å². The predicted molar refractivity (Wildman–Crippen MR) is 76.5 cm³/mol. The summed E-state index contributed by atoms with van der Waals surface area (Å²) in [6.45, 7) is 3.76. The molecule has 1 fully saturated rings. The van der Waals surface area contributed by atoms with Gasteiger partial charge < -0.3 is 15.2 Å². The van der Waals surface area contributed by atoms with Crippen molar-refractivity contribution in [2.75, 3.05) is 39.9 Å². The highest BCUT2D eigenvalue weighted by Crippen LogP contribution is 2.30. The quantitative estimate of drug-likeness (QED) is 0.831. The van der Waals surface area contributed by atoms with Crippen LogP contribution in [0, 0.1) is 5.82 Å². The number of methoxy groups -OCH3 is 1. The molecule has 0 radical (unpaired) electrons. The fourth-order valence-corrected chi connectivity index (χ4v) is 2.72. The third kappa shape index (κ3) is 3.69. The predicted octanol–water partition coefficient (Wildman–Crippen LogP) is 1.55. The number of hydrogen-bond donors (Lipinski definition) is 2. The Kier molecular flexibility index (Phi) is 5.76. The minimum atomic E-state index is -0.202. The normalized spacial score (nSPS) is 17.9. The molecule has 5 heteroatoms. The third-order valence-electron chi connectivity index (χ3n) is 3.79. The summed E-state index contributed by atoms with van der Waals surface area (Å²) < 4.78 is 19.4. The molecule has 2 rings (SSSR count). The molecule has 1 aromatic carbocycles. The molecule has 0 aromatic heterocycles. The van der Waals surface area contributed by atoms with Gasteiger partial charge in [0.1, 0.15) is 11.6 Å². The highest BCUT2D eigenvalue weighted by atomic mass is 19.1. The lowest BCUT2D eigenvalue weighted by atomic mass is 9.98. The molecule has 20 heavy (non-hydrogen) atoms. The Morgan fingerprint density at radius 3 is 2.80 bits per heavy atom. The Hall–Kier alpha value is -1.17. The van der Waals surface area contributed by atoms with Crippen LogP contribution in [0.2, 0.25) is 0 Å². The van der Waals surface area contributed by atoms with E-state index in [4.69, 9.17) is 9.84 Å². The number of aliphatic hydroxyl groups is 1. The Labute approximate surface area is 119 Å². The van der Waals surface area contributed by atoms with Gasteiger partial charge in [0.05, 0.1) is 7.11 Å². The fraction of sp³-hybridized carbons (Fsp3) is 0.600. The van der Waals surface area contributed by atoms with Crippen molar-refractivity contribution in [2.45, 2.75) is 18.9 Å². The van der Waals surface area contributed by atoms with Gasteiger partial charge in [-0.3, -0.25) is 4.90 Å². The first kappa shape index (κ1) is 15.2. The second kappa shape index (κ2) is 7.57. The molecule has 1 saturated heterocycles. The first-order valence-electron chi connectivity index (χ1n) is 7.15. The molecule has 2 N–H and O–H groups in total. The molecule has 1 aliphatic heterocycles. The number of hydrogen-bond acceptors (Lipinski definition) is 4. The molecule has 0 aliphatic carbocycles. The Morgan fingerprint density at radius 1 is 1.40 bits per heavy atom. The summed E-state index contributed by atoms with van der Waals surface area (Å²) >= 11 is 0. The molecule has 0 bridgehead atoms. The van der Waals surface area contributed by atoms with Crippen LogP contribution in [-0.4, -0.2) is 49.9 Å². The van der Waals surface area contributed by atoms with Gasteiger partial charge >= 0.3 is 0 Å². The molecule has 1 heterocycles. The first-order valence-corrected chi connectivity index (χ1v) is 7.15. The zero-order valence-electron chi connectivity index (χ0n) is 11.9. The Morgan fingerprint density at radius 2 is 2.15 bits per heavy atom. The molecule has 1 aliphatic rings. The van der Waals surface area contributed by atoms with E-state index in [1.807, 2.05) is 0 Å². The van der Waals surface area contributed by atoms with Gasteiger partial charge in [-0.1, -0.05) is 0 Å². The fourth-order valence-electron chi connectivity index (χ4n) is 2.72. The summed E-state index contributed by atoms with van der Waals surface area (Å²) in [5.74, 6) is 0.470. The van der Waals surface area contributed by atoms with Gasteiger partial charge in [-0.05, 0) is 31.0 Å². The lowest BCUT2D eigenvalue weighted by Crippen LogP contribution is -2.45. The minimum Gasteiger partial charge on any atom is -0.497 e. The van der Waals surface area contributed by atoms with E-state index in [-0.39, 0.29) is 18.5 Å². The SMILES string of the molecule is COc1ccc(F)c([C@@H](CCCO)N2CCNCC2)c1. The maximum atomic E-state index is 14.2. The van der Waals surface area contributed by atoms with Crippen LogP contribution in [0.15, 0.2) is 18.2 Å². The minimum absolute atomic E-state index is 0.000602. The lowest BCUT2D eigenvalue weighted by molar-refractivity contribution is 0.151. The van der Waals surface area contributed by atoms with E-state index in [0.717, 1.165) is 32.6 Å². The van der Waals surface area contributed by atoms with Crippen LogP contribution in [0.5, 0.6) is 5.75 Å². The summed E-state index contributed by atoms with van der Waals surface area (Å²) in [5.41, 5.74) is 0.666. The lowest BCUT2D eigenvalue weighted by Gasteiger charge is -2.35. The zero-order chi connectivity index (χ0) is 14.4. The molecule has 112 valence electrons. The number of aliphatic hydroxyl groups excluding tert-OH is 1. The second-order valence-electron chi connectivity index (χ2n) is 5.06. The summed E-state index contributed by atoms with van der Waals surface area (Å²) in [6.07, 6.45) is 1.42. The van der Waals surface area contributed by atoms with Crippen LogP contribution in [0.4, 0.5) is 4.39 Å². The van der Waals surface area contributed by atoms with Crippen molar-refractivity contribution in [1.82, 2.24) is 10.2 Å². The number of halogens is 1. The molecule has 0 unspecified atom stereocenters. The average Bonchev–Trinajstić information content (AvgIpc) is 2.50. The zero-order valence-corrected chi connectivity index (χ0v) is 11.9. The van der Waals surface area contributed by atoms with E-state index in [2.05, 4.69) is 10.2 Å². The molecule has 1 aromatic rings. The Balaban J connectivity index is 2.24. The summed E-state index contributed by atoms with van der Waals surface area (Å²) in [7, 11) is 1.59. The van der Waals surface area contributed by atoms with Gasteiger partial charge in [0.15, 0.2) is 0 Å². The van der Waals surface area contributed by atoms with Crippen molar-refractivity contribution in [3.05, 3.63) is 29.6 Å². The van der Waals surface area contributed by atoms with Gasteiger partial charge in [0.2, 0.25) is 0 Å². The number of benzene rings is 1. The molecule has 1 atom stereocenters. The van der Waals surface area contributed by atoms with Crippen molar-refractivity contribution >= 4 is 0 Å². The highest BCUT2D eigenvalue weighted by molar-refractivity contribution is 5.32.